The van der Waals surface area contributed by atoms with Crippen LogP contribution >= 0.6 is 11.6 Å². The minimum absolute atomic E-state index is 0.0115. The molecule has 0 radical (unpaired) electrons. The lowest BCUT2D eigenvalue weighted by Gasteiger charge is -2.22. The number of likely N-dealkylation sites (tertiary alicyclic amines) is 1. The molecule has 19 heavy (non-hydrogen) atoms. The highest BCUT2D eigenvalue weighted by Crippen LogP contribution is 2.38. The zero-order chi connectivity index (χ0) is 14.0. The Balaban J connectivity index is 2.00. The van der Waals surface area contributed by atoms with E-state index < -0.39 is 0 Å². The molecule has 106 valence electrons. The number of fused-ring (bicyclic) bond motifs is 1. The van der Waals surface area contributed by atoms with Crippen molar-refractivity contribution < 1.29 is 9.59 Å². The quantitative estimate of drug-likeness (QED) is 0.724. The molecule has 1 heterocycles. The van der Waals surface area contributed by atoms with Gasteiger partial charge < -0.3 is 4.90 Å². The van der Waals surface area contributed by atoms with Gasteiger partial charge in [0.25, 0.3) is 0 Å². The summed E-state index contributed by atoms with van der Waals surface area (Å²) in [7, 11) is 0. The summed E-state index contributed by atoms with van der Waals surface area (Å²) in [5, 5.41) is 0.716. The summed E-state index contributed by atoms with van der Waals surface area (Å²) in [4.78, 5) is 28.2. The molecule has 2 unspecified atom stereocenters. The second kappa shape index (κ2) is 6.06. The maximum absolute atomic E-state index is 12.3. The van der Waals surface area contributed by atoms with Crippen molar-refractivity contribution in [3.8, 4) is 0 Å². The molecule has 0 saturated carbocycles. The molecule has 0 aromatic rings. The summed E-state index contributed by atoms with van der Waals surface area (Å²) in [6.07, 6.45) is 3.01. The molecule has 2 rings (SSSR count). The van der Waals surface area contributed by atoms with Gasteiger partial charge in [-0.15, -0.1) is 0 Å². The average Bonchev–Trinajstić information content (AvgIpc) is 2.64. The third kappa shape index (κ3) is 2.84. The molecule has 2 atom stereocenters. The van der Waals surface area contributed by atoms with Gasteiger partial charge in [-0.05, 0) is 25.9 Å². The van der Waals surface area contributed by atoms with E-state index in [4.69, 9.17) is 11.6 Å². The van der Waals surface area contributed by atoms with E-state index in [9.17, 15) is 9.59 Å². The summed E-state index contributed by atoms with van der Waals surface area (Å²) < 4.78 is 0. The maximum Gasteiger partial charge on any atom is 0.233 e. The van der Waals surface area contributed by atoms with Crippen molar-refractivity contribution in [2.24, 2.45) is 11.8 Å². The Hall–Kier alpha value is -0.870. The number of carbonyl (C=O) groups is 2. The van der Waals surface area contributed by atoms with Crippen molar-refractivity contribution in [3.63, 3.8) is 0 Å². The molecule has 5 heteroatoms. The molecule has 1 fully saturated rings. The number of likely N-dealkylation sites (N-methyl/N-ethyl adjacent to an activating group) is 1. The van der Waals surface area contributed by atoms with Crippen molar-refractivity contribution in [1.29, 1.82) is 0 Å². The van der Waals surface area contributed by atoms with Crippen LogP contribution in [0.2, 0.25) is 0 Å². The number of allylic oxidation sites excluding steroid dienone is 2. The molecule has 4 nitrogen and oxygen atoms in total. The summed E-state index contributed by atoms with van der Waals surface area (Å²) in [6.45, 7) is 7.30. The molecule has 0 N–H and O–H groups in total. The van der Waals surface area contributed by atoms with Crippen LogP contribution in [0.4, 0.5) is 0 Å². The molecular weight excluding hydrogens is 264 g/mol. The molecule has 0 aromatic carbocycles. The highest BCUT2D eigenvalue weighted by molar-refractivity contribution is 6.30. The van der Waals surface area contributed by atoms with E-state index in [0.29, 0.717) is 24.4 Å². The second-order valence-corrected chi connectivity index (χ2v) is 5.64. The van der Waals surface area contributed by atoms with Gasteiger partial charge in [0.15, 0.2) is 0 Å². The largest absolute Gasteiger partial charge is 0.302 e. The molecule has 0 bridgehead atoms. The second-order valence-electron chi connectivity index (χ2n) is 5.16. The minimum atomic E-state index is -0.221. The molecule has 0 aromatic heterocycles. The van der Waals surface area contributed by atoms with Gasteiger partial charge in [-0.1, -0.05) is 31.5 Å². The van der Waals surface area contributed by atoms with Crippen LogP contribution < -0.4 is 0 Å². The first-order chi connectivity index (χ1) is 9.08. The van der Waals surface area contributed by atoms with Gasteiger partial charge in [-0.2, -0.15) is 0 Å². The standard InChI is InChI=1S/C14H21ClN2O2/c1-3-16(4-2)7-8-17-13(18)11-6-5-10(15)9-12(11)14(17)19/h5,11-12H,3-4,6-9H2,1-2H3. The number of nitrogens with zero attached hydrogens (tertiary/aromatic N) is 2. The molecular formula is C14H21ClN2O2. The van der Waals surface area contributed by atoms with Crippen LogP contribution in [0, 0.1) is 11.8 Å². The van der Waals surface area contributed by atoms with Crippen molar-refractivity contribution in [1.82, 2.24) is 9.80 Å². The lowest BCUT2D eigenvalue weighted by atomic mass is 9.85. The van der Waals surface area contributed by atoms with E-state index in [-0.39, 0.29) is 23.7 Å². The van der Waals surface area contributed by atoms with Gasteiger partial charge in [0.1, 0.15) is 0 Å². The predicted octanol–water partition coefficient (Wildman–Crippen LogP) is 1.85. The molecule has 1 saturated heterocycles. The third-order valence-electron chi connectivity index (χ3n) is 4.19. The molecule has 2 aliphatic rings. The highest BCUT2D eigenvalue weighted by atomic mass is 35.5. The zero-order valence-electron chi connectivity index (χ0n) is 11.6. The lowest BCUT2D eigenvalue weighted by Crippen LogP contribution is -2.39. The zero-order valence-corrected chi connectivity index (χ0v) is 12.3. The topological polar surface area (TPSA) is 40.6 Å². The molecule has 2 amide bonds. The Labute approximate surface area is 119 Å². The Morgan fingerprint density at radius 1 is 1.26 bits per heavy atom. The number of carbonyl (C=O) groups excluding carboxylic acids is 2. The van der Waals surface area contributed by atoms with E-state index in [1.807, 2.05) is 6.08 Å². The van der Waals surface area contributed by atoms with Crippen molar-refractivity contribution in [2.75, 3.05) is 26.2 Å². The SMILES string of the molecule is CCN(CC)CCN1C(=O)C2CC=C(Cl)CC2C1=O. The lowest BCUT2D eigenvalue weighted by molar-refractivity contribution is -0.140. The number of amides is 2. The normalized spacial score (nSPS) is 26.9. The average molecular weight is 285 g/mol. The van der Waals surface area contributed by atoms with Crippen LogP contribution in [-0.4, -0.2) is 47.8 Å². The van der Waals surface area contributed by atoms with Gasteiger partial charge in [0, 0.05) is 18.1 Å². The van der Waals surface area contributed by atoms with Crippen molar-refractivity contribution >= 4 is 23.4 Å². The monoisotopic (exact) mass is 284 g/mol. The van der Waals surface area contributed by atoms with E-state index >= 15 is 0 Å². The van der Waals surface area contributed by atoms with Gasteiger partial charge in [0.05, 0.1) is 11.8 Å². The fraction of sp³-hybridized carbons (Fsp3) is 0.714. The Bertz CT molecular complexity index is 404. The molecule has 1 aliphatic carbocycles. The van der Waals surface area contributed by atoms with E-state index in [0.717, 1.165) is 19.6 Å². The van der Waals surface area contributed by atoms with Gasteiger partial charge in [-0.25, -0.2) is 0 Å². The van der Waals surface area contributed by atoms with Crippen molar-refractivity contribution in [2.45, 2.75) is 26.7 Å². The van der Waals surface area contributed by atoms with E-state index in [1.54, 1.807) is 0 Å². The van der Waals surface area contributed by atoms with Crippen LogP contribution in [0.25, 0.3) is 0 Å². The summed E-state index contributed by atoms with van der Waals surface area (Å²) in [5.41, 5.74) is 0. The molecule has 0 spiro atoms. The van der Waals surface area contributed by atoms with Crippen LogP contribution in [0.1, 0.15) is 26.7 Å². The third-order valence-corrected chi connectivity index (χ3v) is 4.50. The summed E-state index contributed by atoms with van der Waals surface area (Å²) in [5.74, 6) is -0.440. The first-order valence-electron chi connectivity index (χ1n) is 7.00. The van der Waals surface area contributed by atoms with Gasteiger partial charge in [-0.3, -0.25) is 14.5 Å². The Morgan fingerprint density at radius 2 is 1.89 bits per heavy atom. The van der Waals surface area contributed by atoms with E-state index in [1.165, 1.54) is 4.90 Å². The number of hydrogen-bond donors (Lipinski definition) is 0. The summed E-state index contributed by atoms with van der Waals surface area (Å²) >= 11 is 5.99. The Kier molecular flexibility index (Phi) is 4.63. The Morgan fingerprint density at radius 3 is 2.53 bits per heavy atom. The first-order valence-corrected chi connectivity index (χ1v) is 7.38. The number of rotatable bonds is 5. The predicted molar refractivity (Wildman–Crippen MR) is 74.7 cm³/mol. The van der Waals surface area contributed by atoms with E-state index in [2.05, 4.69) is 18.7 Å². The number of hydrogen-bond acceptors (Lipinski definition) is 3. The van der Waals surface area contributed by atoms with Crippen molar-refractivity contribution in [3.05, 3.63) is 11.1 Å². The first kappa shape index (κ1) is 14.5. The smallest absolute Gasteiger partial charge is 0.233 e. The number of halogens is 1. The highest BCUT2D eigenvalue weighted by Gasteiger charge is 2.47. The maximum atomic E-state index is 12.3. The van der Waals surface area contributed by atoms with Crippen LogP contribution in [0.3, 0.4) is 0 Å². The van der Waals surface area contributed by atoms with Gasteiger partial charge in [0.2, 0.25) is 11.8 Å². The van der Waals surface area contributed by atoms with Crippen LogP contribution in [-0.2, 0) is 9.59 Å². The fourth-order valence-electron chi connectivity index (χ4n) is 2.90. The van der Waals surface area contributed by atoms with Crippen LogP contribution in [0.5, 0.6) is 0 Å². The molecule has 1 aliphatic heterocycles. The summed E-state index contributed by atoms with van der Waals surface area (Å²) in [6, 6.07) is 0. The minimum Gasteiger partial charge on any atom is -0.302 e. The fourth-order valence-corrected chi connectivity index (χ4v) is 3.15. The van der Waals surface area contributed by atoms with Crippen LogP contribution in [0.15, 0.2) is 11.1 Å². The van der Waals surface area contributed by atoms with Gasteiger partial charge >= 0.3 is 0 Å². The number of imide groups is 1.